The van der Waals surface area contributed by atoms with Crippen molar-refractivity contribution in [2.75, 3.05) is 20.3 Å². The van der Waals surface area contributed by atoms with Crippen LogP contribution in [0, 0.1) is 6.92 Å². The van der Waals surface area contributed by atoms with E-state index in [4.69, 9.17) is 4.74 Å². The molecule has 8 nitrogen and oxygen atoms in total. The van der Waals surface area contributed by atoms with Crippen molar-refractivity contribution in [3.8, 4) is 0 Å². The van der Waals surface area contributed by atoms with Crippen LogP contribution in [0.5, 0.6) is 0 Å². The monoisotopic (exact) mass is 369 g/mol. The summed E-state index contributed by atoms with van der Waals surface area (Å²) in [6.07, 6.45) is 3.73. The molecule has 2 heterocycles. The fourth-order valence-corrected chi connectivity index (χ4v) is 3.00. The third-order valence-corrected chi connectivity index (χ3v) is 4.45. The Morgan fingerprint density at radius 3 is 2.93 bits per heavy atom. The van der Waals surface area contributed by atoms with Crippen molar-refractivity contribution < 1.29 is 9.53 Å². The van der Waals surface area contributed by atoms with Crippen LogP contribution in [0.15, 0.2) is 35.5 Å². The lowest BCUT2D eigenvalue weighted by atomic mass is 10.1. The smallest absolute Gasteiger partial charge is 0.256 e. The van der Waals surface area contributed by atoms with Crippen LogP contribution in [0.3, 0.4) is 0 Å². The Morgan fingerprint density at radius 2 is 2.15 bits per heavy atom. The first-order valence-electron chi connectivity index (χ1n) is 8.75. The van der Waals surface area contributed by atoms with Crippen LogP contribution in [0.2, 0.25) is 0 Å². The molecule has 1 N–H and O–H groups in total. The zero-order valence-corrected chi connectivity index (χ0v) is 15.7. The largest absolute Gasteiger partial charge is 0.383 e. The molecule has 0 radical (unpaired) electrons. The van der Waals surface area contributed by atoms with Gasteiger partial charge in [-0.1, -0.05) is 11.6 Å². The number of aromatic nitrogens is 4. The van der Waals surface area contributed by atoms with Gasteiger partial charge in [-0.15, -0.1) is 10.2 Å². The van der Waals surface area contributed by atoms with Crippen LogP contribution >= 0.6 is 0 Å². The summed E-state index contributed by atoms with van der Waals surface area (Å²) in [5.41, 5.74) is 1.66. The van der Waals surface area contributed by atoms with Crippen LogP contribution in [-0.2, 0) is 24.8 Å². The first-order valence-corrected chi connectivity index (χ1v) is 8.75. The van der Waals surface area contributed by atoms with Crippen LogP contribution in [0.4, 0.5) is 0 Å². The highest BCUT2D eigenvalue weighted by Gasteiger charge is 2.15. The van der Waals surface area contributed by atoms with E-state index < -0.39 is 0 Å². The predicted octanol–water partition coefficient (Wildman–Crippen LogP) is 1.06. The molecule has 3 aromatic rings. The number of fused-ring (bicyclic) bond motifs is 1. The van der Waals surface area contributed by atoms with Crippen LogP contribution < -0.4 is 10.7 Å². The number of benzene rings is 1. The Bertz CT molecular complexity index is 1020. The van der Waals surface area contributed by atoms with E-state index in [1.54, 1.807) is 24.2 Å². The van der Waals surface area contributed by atoms with Crippen molar-refractivity contribution in [1.82, 2.24) is 24.6 Å². The number of hydrogen-bond donors (Lipinski definition) is 1. The molecule has 0 aliphatic rings. The van der Waals surface area contributed by atoms with Gasteiger partial charge in [-0.05, 0) is 19.1 Å². The van der Waals surface area contributed by atoms with E-state index >= 15 is 0 Å². The van der Waals surface area contributed by atoms with Crippen molar-refractivity contribution in [2.45, 2.75) is 19.9 Å². The molecule has 3 rings (SSSR count). The lowest BCUT2D eigenvalue weighted by Gasteiger charge is -2.10. The molecule has 1 amide bonds. The van der Waals surface area contributed by atoms with Crippen LogP contribution in [0.1, 0.15) is 21.7 Å². The van der Waals surface area contributed by atoms with Gasteiger partial charge >= 0.3 is 0 Å². The summed E-state index contributed by atoms with van der Waals surface area (Å²) in [5.74, 6) is 0.372. The number of rotatable bonds is 7. The minimum Gasteiger partial charge on any atom is -0.383 e. The van der Waals surface area contributed by atoms with Crippen molar-refractivity contribution in [1.29, 1.82) is 0 Å². The van der Waals surface area contributed by atoms with E-state index in [1.807, 2.05) is 36.7 Å². The Kier molecular flexibility index (Phi) is 5.66. The number of nitrogens with zero attached hydrogens (tertiary/aromatic N) is 4. The molecule has 0 spiro atoms. The quantitative estimate of drug-likeness (QED) is 0.672. The number of methoxy groups -OCH3 is 1. The van der Waals surface area contributed by atoms with Gasteiger partial charge in [0.05, 0.1) is 12.1 Å². The third-order valence-electron chi connectivity index (χ3n) is 4.45. The van der Waals surface area contributed by atoms with Gasteiger partial charge in [-0.2, -0.15) is 0 Å². The lowest BCUT2D eigenvalue weighted by molar-refractivity contribution is 0.0952. The lowest BCUT2D eigenvalue weighted by Crippen LogP contribution is -2.31. The van der Waals surface area contributed by atoms with Gasteiger partial charge in [0.15, 0.2) is 0 Å². The van der Waals surface area contributed by atoms with Gasteiger partial charge in [0.2, 0.25) is 5.43 Å². The van der Waals surface area contributed by atoms with Gasteiger partial charge in [-0.25, -0.2) is 0 Å². The molecule has 8 heteroatoms. The van der Waals surface area contributed by atoms with E-state index in [0.29, 0.717) is 31.5 Å². The second kappa shape index (κ2) is 8.13. The van der Waals surface area contributed by atoms with Gasteiger partial charge in [0.1, 0.15) is 17.7 Å². The minimum absolute atomic E-state index is 0.136. The summed E-state index contributed by atoms with van der Waals surface area (Å²) in [4.78, 5) is 25.3. The van der Waals surface area contributed by atoms with Crippen molar-refractivity contribution in [2.24, 2.45) is 7.05 Å². The standard InChI is InChI=1S/C19H23N5O3/c1-13-4-5-16-14(10-13)18(25)15(11-23(16)2)19(26)20-7-6-17-22-21-12-24(17)8-9-27-3/h4-5,10-12H,6-9H2,1-3H3,(H,20,26). The second-order valence-corrected chi connectivity index (χ2v) is 6.44. The van der Waals surface area contributed by atoms with Crippen LogP contribution in [-0.4, -0.2) is 45.5 Å². The van der Waals surface area contributed by atoms with Crippen molar-refractivity contribution in [3.05, 3.63) is 57.9 Å². The minimum atomic E-state index is -0.387. The zero-order chi connectivity index (χ0) is 19.4. The summed E-state index contributed by atoms with van der Waals surface area (Å²) in [5, 5.41) is 11.3. The Labute approximate surface area is 156 Å². The fraction of sp³-hybridized carbons (Fsp3) is 0.368. The van der Waals surface area contributed by atoms with E-state index in [-0.39, 0.29) is 16.9 Å². The average Bonchev–Trinajstić information content (AvgIpc) is 3.10. The molecule has 0 atom stereocenters. The summed E-state index contributed by atoms with van der Waals surface area (Å²) in [6, 6.07) is 5.65. The highest BCUT2D eigenvalue weighted by atomic mass is 16.5. The Morgan fingerprint density at radius 1 is 1.33 bits per heavy atom. The summed E-state index contributed by atoms with van der Waals surface area (Å²) < 4.78 is 8.74. The molecule has 0 unspecified atom stereocenters. The Balaban J connectivity index is 1.73. The molecular formula is C19H23N5O3. The molecule has 0 saturated heterocycles. The molecule has 0 saturated carbocycles. The average molecular weight is 369 g/mol. The third kappa shape index (κ3) is 4.06. The molecule has 1 aromatic carbocycles. The maximum Gasteiger partial charge on any atom is 0.256 e. The molecule has 0 bridgehead atoms. The topological polar surface area (TPSA) is 91.0 Å². The first-order chi connectivity index (χ1) is 13.0. The summed E-state index contributed by atoms with van der Waals surface area (Å²) in [6.45, 7) is 3.49. The highest BCUT2D eigenvalue weighted by molar-refractivity contribution is 5.97. The number of nitrogens with one attached hydrogen (secondary N) is 1. The molecule has 142 valence electrons. The highest BCUT2D eigenvalue weighted by Crippen LogP contribution is 2.13. The predicted molar refractivity (Wildman–Crippen MR) is 102 cm³/mol. The van der Waals surface area contributed by atoms with E-state index in [0.717, 1.165) is 16.9 Å². The molecule has 0 fully saturated rings. The number of carbonyl (C=O) groups is 1. The molecule has 0 aliphatic carbocycles. The van der Waals surface area contributed by atoms with E-state index in [1.165, 1.54) is 0 Å². The Hall–Kier alpha value is -3.00. The van der Waals surface area contributed by atoms with Gasteiger partial charge in [0, 0.05) is 45.3 Å². The number of pyridine rings is 1. The normalized spacial score (nSPS) is 11.1. The van der Waals surface area contributed by atoms with E-state index in [9.17, 15) is 9.59 Å². The summed E-state index contributed by atoms with van der Waals surface area (Å²) >= 11 is 0. The maximum atomic E-state index is 12.7. The van der Waals surface area contributed by atoms with Gasteiger partial charge < -0.3 is 19.2 Å². The number of ether oxygens (including phenoxy) is 1. The van der Waals surface area contributed by atoms with Gasteiger partial charge in [-0.3, -0.25) is 9.59 Å². The number of hydrogen-bond acceptors (Lipinski definition) is 5. The molecule has 27 heavy (non-hydrogen) atoms. The first kappa shape index (κ1) is 18.8. The number of amides is 1. The number of aryl methyl sites for hydroxylation is 2. The van der Waals surface area contributed by atoms with Crippen molar-refractivity contribution in [3.63, 3.8) is 0 Å². The molecule has 2 aromatic heterocycles. The van der Waals surface area contributed by atoms with Crippen LogP contribution in [0.25, 0.3) is 10.9 Å². The van der Waals surface area contributed by atoms with Gasteiger partial charge in [0.25, 0.3) is 5.91 Å². The number of carbonyl (C=O) groups excluding carboxylic acids is 1. The summed E-state index contributed by atoms with van der Waals surface area (Å²) in [7, 11) is 3.46. The fourth-order valence-electron chi connectivity index (χ4n) is 3.00. The zero-order valence-electron chi connectivity index (χ0n) is 15.7. The van der Waals surface area contributed by atoms with Crippen molar-refractivity contribution >= 4 is 16.8 Å². The SMILES string of the molecule is COCCn1cnnc1CCNC(=O)c1cn(C)c2ccc(C)cc2c1=O. The van der Waals surface area contributed by atoms with E-state index in [2.05, 4.69) is 15.5 Å². The second-order valence-electron chi connectivity index (χ2n) is 6.44. The molecule has 0 aliphatic heterocycles. The molecular weight excluding hydrogens is 346 g/mol. The maximum absolute atomic E-state index is 12.7.